The smallest absolute Gasteiger partial charge is 0.335 e. The van der Waals surface area contributed by atoms with Crippen molar-refractivity contribution in [3.63, 3.8) is 0 Å². The molecule has 4 rings (SSSR count). The number of rotatable bonds is 8. The molecule has 0 aliphatic carbocycles. The summed E-state index contributed by atoms with van der Waals surface area (Å²) >= 11 is 1.31. The number of thioether (sulfide) groups is 1. The monoisotopic (exact) mass is 476 g/mol. The number of aromatic carboxylic acids is 1. The maximum Gasteiger partial charge on any atom is 0.335 e. The highest BCUT2D eigenvalue weighted by Crippen LogP contribution is 2.35. The van der Waals surface area contributed by atoms with E-state index in [1.165, 1.54) is 11.8 Å². The topological polar surface area (TPSA) is 92.3 Å². The van der Waals surface area contributed by atoms with Gasteiger partial charge < -0.3 is 14.3 Å². The summed E-state index contributed by atoms with van der Waals surface area (Å²) in [6.45, 7) is 2.89. The number of methoxy groups -OCH3 is 1. The van der Waals surface area contributed by atoms with E-state index in [-0.39, 0.29) is 11.5 Å². The number of carboxylic acids is 1. The van der Waals surface area contributed by atoms with Crippen LogP contribution in [0.1, 0.15) is 28.1 Å². The Labute approximate surface area is 201 Å². The van der Waals surface area contributed by atoms with Crippen LogP contribution in [0.5, 0.6) is 0 Å². The maximum atomic E-state index is 13.2. The molecule has 1 aliphatic rings. The average Bonchev–Trinajstić information content (AvgIpc) is 3.40. The first kappa shape index (κ1) is 23.5. The number of aliphatic imine (C=N–C) groups is 1. The van der Waals surface area contributed by atoms with E-state index >= 15 is 0 Å². The number of carboxylic acid groups (broad SMARTS) is 1. The van der Waals surface area contributed by atoms with Crippen molar-refractivity contribution in [2.24, 2.45) is 4.99 Å². The van der Waals surface area contributed by atoms with Gasteiger partial charge in [0.1, 0.15) is 11.5 Å². The van der Waals surface area contributed by atoms with E-state index in [9.17, 15) is 14.7 Å². The highest BCUT2D eigenvalue weighted by Gasteiger charge is 2.33. The third-order valence-corrected chi connectivity index (χ3v) is 6.24. The molecule has 7 nitrogen and oxygen atoms in total. The summed E-state index contributed by atoms with van der Waals surface area (Å²) < 4.78 is 11.1. The lowest BCUT2D eigenvalue weighted by atomic mass is 10.0. The Balaban J connectivity index is 1.60. The Morgan fingerprint density at radius 1 is 1.18 bits per heavy atom. The summed E-state index contributed by atoms with van der Waals surface area (Å²) in [5.74, 6) is 0.0345. The fourth-order valence-electron chi connectivity index (χ4n) is 3.55. The van der Waals surface area contributed by atoms with E-state index in [1.807, 2.05) is 43.3 Å². The Morgan fingerprint density at radius 2 is 1.97 bits per heavy atom. The minimum Gasteiger partial charge on any atom is -0.478 e. The Bertz CT molecular complexity index is 1260. The number of ether oxygens (including phenoxy) is 1. The van der Waals surface area contributed by atoms with Crippen molar-refractivity contribution in [2.75, 3.05) is 20.3 Å². The summed E-state index contributed by atoms with van der Waals surface area (Å²) in [5.41, 5.74) is 2.59. The molecule has 1 amide bonds. The number of carbonyl (C=O) groups is 2. The fraction of sp³-hybridized carbons (Fsp3) is 0.192. The van der Waals surface area contributed by atoms with Crippen LogP contribution >= 0.6 is 11.8 Å². The van der Waals surface area contributed by atoms with Crippen LogP contribution in [0.25, 0.3) is 17.4 Å². The second-order valence-electron chi connectivity index (χ2n) is 7.68. The maximum absolute atomic E-state index is 13.2. The lowest BCUT2D eigenvalue weighted by Gasteiger charge is -2.15. The van der Waals surface area contributed by atoms with Crippen molar-refractivity contribution < 1.29 is 23.8 Å². The van der Waals surface area contributed by atoms with Gasteiger partial charge >= 0.3 is 5.97 Å². The zero-order valence-electron chi connectivity index (χ0n) is 18.9. The highest BCUT2D eigenvalue weighted by molar-refractivity contribution is 8.18. The summed E-state index contributed by atoms with van der Waals surface area (Å²) in [6, 6.07) is 18.0. The third-order valence-electron chi connectivity index (χ3n) is 5.24. The number of hydrogen-bond donors (Lipinski definition) is 1. The lowest BCUT2D eigenvalue weighted by molar-refractivity contribution is -0.122. The van der Waals surface area contributed by atoms with Crippen molar-refractivity contribution >= 4 is 40.6 Å². The first-order valence-electron chi connectivity index (χ1n) is 10.7. The van der Waals surface area contributed by atoms with Gasteiger partial charge in [0.15, 0.2) is 5.17 Å². The molecule has 174 valence electrons. The molecule has 0 unspecified atom stereocenters. The molecule has 1 aliphatic heterocycles. The predicted molar refractivity (Wildman–Crippen MR) is 133 cm³/mol. The predicted octanol–water partition coefficient (Wildman–Crippen LogP) is 5.59. The molecule has 0 radical (unpaired) electrons. The average molecular weight is 477 g/mol. The summed E-state index contributed by atoms with van der Waals surface area (Å²) in [5, 5.41) is 9.79. The molecule has 34 heavy (non-hydrogen) atoms. The number of hydrogen-bond acceptors (Lipinski definition) is 6. The molecule has 2 aromatic carbocycles. The van der Waals surface area contributed by atoms with Crippen molar-refractivity contribution in [3.8, 4) is 11.3 Å². The molecule has 1 aromatic heterocycles. The van der Waals surface area contributed by atoms with E-state index in [0.29, 0.717) is 41.2 Å². The number of amidine groups is 1. The molecular weight excluding hydrogens is 452 g/mol. The Kier molecular flexibility index (Phi) is 7.30. The quantitative estimate of drug-likeness (QED) is 0.336. The molecule has 0 atom stereocenters. The Morgan fingerprint density at radius 3 is 2.68 bits per heavy atom. The SMILES string of the molecule is COCCCN1C(=O)/C(=C/c2ccc(-c3ccc(C(=O)O)cc3C)o2)SC1=Nc1ccccc1. The first-order chi connectivity index (χ1) is 16.5. The van der Waals surface area contributed by atoms with Crippen LogP contribution < -0.4 is 0 Å². The van der Waals surface area contributed by atoms with Crippen molar-refractivity contribution in [2.45, 2.75) is 13.3 Å². The molecule has 1 N–H and O–H groups in total. The van der Waals surface area contributed by atoms with Gasteiger partial charge in [0.25, 0.3) is 5.91 Å². The molecule has 8 heteroatoms. The number of para-hydroxylation sites is 1. The van der Waals surface area contributed by atoms with Gasteiger partial charge in [-0.1, -0.05) is 24.3 Å². The van der Waals surface area contributed by atoms with Gasteiger partial charge in [0.05, 0.1) is 16.2 Å². The molecule has 0 bridgehead atoms. The van der Waals surface area contributed by atoms with Gasteiger partial charge in [0.2, 0.25) is 0 Å². The van der Waals surface area contributed by atoms with Crippen LogP contribution in [-0.2, 0) is 9.53 Å². The number of benzene rings is 2. The number of carbonyl (C=O) groups excluding carboxylic acids is 1. The highest BCUT2D eigenvalue weighted by atomic mass is 32.2. The first-order valence-corrected chi connectivity index (χ1v) is 11.6. The summed E-state index contributed by atoms with van der Waals surface area (Å²) in [6.07, 6.45) is 2.41. The minimum atomic E-state index is -0.973. The van der Waals surface area contributed by atoms with Gasteiger partial charge in [-0.05, 0) is 67.1 Å². The van der Waals surface area contributed by atoms with Crippen molar-refractivity contribution in [1.82, 2.24) is 4.90 Å². The largest absolute Gasteiger partial charge is 0.478 e. The fourth-order valence-corrected chi connectivity index (χ4v) is 4.55. The zero-order valence-corrected chi connectivity index (χ0v) is 19.7. The standard InChI is InChI=1S/C26H24N2O5S/c1-17-15-18(25(30)31)9-11-21(17)22-12-10-20(33-22)16-23-24(29)28(13-6-14-32-2)26(34-23)27-19-7-4-3-5-8-19/h3-5,7-12,15-16H,6,13-14H2,1-2H3,(H,30,31)/b23-16-,27-26?. The van der Waals surface area contributed by atoms with Crippen molar-refractivity contribution in [3.05, 3.63) is 82.5 Å². The van der Waals surface area contributed by atoms with Crippen LogP contribution in [0, 0.1) is 6.92 Å². The molecule has 0 spiro atoms. The van der Waals surface area contributed by atoms with E-state index in [2.05, 4.69) is 4.99 Å². The number of nitrogens with zero attached hydrogens (tertiary/aromatic N) is 2. The van der Waals surface area contributed by atoms with Crippen LogP contribution in [0.15, 0.2) is 75.0 Å². The van der Waals surface area contributed by atoms with Gasteiger partial charge in [-0.2, -0.15) is 0 Å². The summed E-state index contributed by atoms with van der Waals surface area (Å²) in [4.78, 5) is 31.2. The van der Waals surface area contributed by atoms with E-state index in [4.69, 9.17) is 9.15 Å². The van der Waals surface area contributed by atoms with Crippen LogP contribution in [0.2, 0.25) is 0 Å². The molecule has 3 aromatic rings. The minimum absolute atomic E-state index is 0.129. The number of furan rings is 1. The second kappa shape index (κ2) is 10.5. The molecule has 1 fully saturated rings. The molecule has 1 saturated heterocycles. The van der Waals surface area contributed by atoms with Crippen LogP contribution in [-0.4, -0.2) is 47.3 Å². The third kappa shape index (κ3) is 5.30. The van der Waals surface area contributed by atoms with Crippen LogP contribution in [0.3, 0.4) is 0 Å². The van der Waals surface area contributed by atoms with Crippen LogP contribution in [0.4, 0.5) is 5.69 Å². The lowest BCUT2D eigenvalue weighted by Crippen LogP contribution is -2.30. The van der Waals surface area contributed by atoms with Gasteiger partial charge in [-0.3, -0.25) is 9.69 Å². The van der Waals surface area contributed by atoms with E-state index in [1.54, 1.807) is 42.4 Å². The van der Waals surface area contributed by atoms with Crippen molar-refractivity contribution in [1.29, 1.82) is 0 Å². The number of aryl methyl sites for hydroxylation is 1. The normalized spacial score (nSPS) is 16.1. The zero-order chi connectivity index (χ0) is 24.1. The number of amides is 1. The Hall–Kier alpha value is -3.62. The van der Waals surface area contributed by atoms with E-state index in [0.717, 1.165) is 16.8 Å². The van der Waals surface area contributed by atoms with E-state index < -0.39 is 5.97 Å². The second-order valence-corrected chi connectivity index (χ2v) is 8.69. The molecular formula is C26H24N2O5S. The molecule has 2 heterocycles. The van der Waals surface area contributed by atoms with Gasteiger partial charge in [0, 0.05) is 31.9 Å². The molecule has 0 saturated carbocycles. The van der Waals surface area contributed by atoms with Gasteiger partial charge in [-0.25, -0.2) is 9.79 Å². The summed E-state index contributed by atoms with van der Waals surface area (Å²) in [7, 11) is 1.64. The van der Waals surface area contributed by atoms with Gasteiger partial charge in [-0.15, -0.1) is 0 Å².